The molecule has 1 aliphatic heterocycles. The van der Waals surface area contributed by atoms with Gasteiger partial charge in [0.25, 0.3) is 0 Å². The second kappa shape index (κ2) is 5.28. The number of hydrogen-bond donors (Lipinski definition) is 1. The largest absolute Gasteiger partial charge is 0.386 e. The van der Waals surface area contributed by atoms with E-state index in [4.69, 9.17) is 0 Å². The maximum absolute atomic E-state index is 11.0. The van der Waals surface area contributed by atoms with E-state index in [-0.39, 0.29) is 11.5 Å². The molecule has 1 N–H and O–H groups in total. The highest BCUT2D eigenvalue weighted by atomic mass is 16.3. The van der Waals surface area contributed by atoms with Gasteiger partial charge in [0.2, 0.25) is 0 Å². The fourth-order valence-corrected chi connectivity index (χ4v) is 3.67. The standard InChI is InChI=1S/C19H24NO/c1-20(2)14-13-19(18(21)15-20,16-9-5-3-6-10-16)17-11-7-4-8-12-17/h3-12,18,21H,13-15H2,1-2H3/q+1/t18-/m0/s1. The van der Waals surface area contributed by atoms with Crippen molar-refractivity contribution in [3.63, 3.8) is 0 Å². The first-order chi connectivity index (χ1) is 10.0. The molecule has 1 fully saturated rings. The quantitative estimate of drug-likeness (QED) is 0.840. The number of benzene rings is 2. The normalized spacial score (nSPS) is 23.7. The Morgan fingerprint density at radius 1 is 0.905 bits per heavy atom. The van der Waals surface area contributed by atoms with E-state index in [1.165, 1.54) is 11.1 Å². The van der Waals surface area contributed by atoms with E-state index >= 15 is 0 Å². The van der Waals surface area contributed by atoms with Gasteiger partial charge >= 0.3 is 0 Å². The molecule has 1 atom stereocenters. The SMILES string of the molecule is C[N+]1(C)CCC(c2ccccc2)(c2ccccc2)[C@@H](O)C1. The van der Waals surface area contributed by atoms with Gasteiger partial charge in [-0.15, -0.1) is 0 Å². The van der Waals surface area contributed by atoms with Crippen LogP contribution in [-0.2, 0) is 5.41 Å². The Morgan fingerprint density at radius 3 is 1.81 bits per heavy atom. The monoisotopic (exact) mass is 282 g/mol. The fourth-order valence-electron chi connectivity index (χ4n) is 3.67. The average Bonchev–Trinajstić information content (AvgIpc) is 2.49. The second-order valence-electron chi connectivity index (χ2n) is 6.81. The molecular formula is C19H24NO+. The highest BCUT2D eigenvalue weighted by Gasteiger charge is 2.48. The molecule has 1 saturated heterocycles. The van der Waals surface area contributed by atoms with Crippen LogP contribution in [0.5, 0.6) is 0 Å². The summed E-state index contributed by atoms with van der Waals surface area (Å²) in [5.41, 5.74) is 2.17. The minimum absolute atomic E-state index is 0.281. The van der Waals surface area contributed by atoms with Crippen molar-refractivity contribution in [1.29, 1.82) is 0 Å². The third-order valence-electron chi connectivity index (χ3n) is 4.93. The number of hydrogen-bond acceptors (Lipinski definition) is 1. The summed E-state index contributed by atoms with van der Waals surface area (Å²) in [5.74, 6) is 0. The van der Waals surface area contributed by atoms with Crippen molar-refractivity contribution >= 4 is 0 Å². The molecule has 2 aromatic rings. The van der Waals surface area contributed by atoms with E-state index in [1.54, 1.807) is 0 Å². The minimum atomic E-state index is -0.369. The lowest BCUT2D eigenvalue weighted by Crippen LogP contribution is -2.60. The van der Waals surface area contributed by atoms with Gasteiger partial charge in [0.15, 0.2) is 0 Å². The number of aliphatic hydroxyl groups is 1. The van der Waals surface area contributed by atoms with Gasteiger partial charge in [-0.1, -0.05) is 60.7 Å². The van der Waals surface area contributed by atoms with E-state index in [9.17, 15) is 5.11 Å². The van der Waals surface area contributed by atoms with Crippen molar-refractivity contribution in [3.8, 4) is 0 Å². The Hall–Kier alpha value is -1.64. The number of piperidine rings is 1. The summed E-state index contributed by atoms with van der Waals surface area (Å²) in [6, 6.07) is 21.0. The van der Waals surface area contributed by atoms with Crippen LogP contribution >= 0.6 is 0 Å². The molecule has 0 saturated carbocycles. The average molecular weight is 282 g/mol. The van der Waals surface area contributed by atoms with Crippen molar-refractivity contribution in [3.05, 3.63) is 71.8 Å². The zero-order valence-electron chi connectivity index (χ0n) is 12.9. The molecule has 2 heteroatoms. The van der Waals surface area contributed by atoms with Gasteiger partial charge in [0.05, 0.1) is 26.1 Å². The Balaban J connectivity index is 2.13. The van der Waals surface area contributed by atoms with E-state index in [1.807, 2.05) is 12.1 Å². The summed E-state index contributed by atoms with van der Waals surface area (Å²) in [6.45, 7) is 1.85. The Kier molecular flexibility index (Phi) is 3.60. The number of rotatable bonds is 2. The van der Waals surface area contributed by atoms with E-state index < -0.39 is 0 Å². The van der Waals surface area contributed by atoms with Crippen LogP contribution in [-0.4, -0.2) is 42.9 Å². The number of quaternary nitrogens is 1. The molecule has 0 aliphatic carbocycles. The summed E-state index contributed by atoms with van der Waals surface area (Å²) >= 11 is 0. The summed E-state index contributed by atoms with van der Waals surface area (Å²) in [7, 11) is 4.40. The van der Waals surface area contributed by atoms with Crippen LogP contribution in [0.1, 0.15) is 17.5 Å². The number of likely N-dealkylation sites (N-methyl/N-ethyl adjacent to an activating group) is 1. The van der Waals surface area contributed by atoms with E-state index in [0.29, 0.717) is 0 Å². The number of likely N-dealkylation sites (tertiary alicyclic amines) is 1. The first-order valence-corrected chi connectivity index (χ1v) is 7.66. The van der Waals surface area contributed by atoms with Crippen molar-refractivity contribution < 1.29 is 9.59 Å². The smallest absolute Gasteiger partial charge is 0.117 e. The lowest BCUT2D eigenvalue weighted by Gasteiger charge is -2.48. The highest BCUT2D eigenvalue weighted by Crippen LogP contribution is 2.42. The van der Waals surface area contributed by atoms with Gasteiger partial charge in [-0.25, -0.2) is 0 Å². The van der Waals surface area contributed by atoms with Crippen molar-refractivity contribution in [1.82, 2.24) is 0 Å². The van der Waals surface area contributed by atoms with Crippen LogP contribution in [0.15, 0.2) is 60.7 Å². The van der Waals surface area contributed by atoms with E-state index in [0.717, 1.165) is 24.0 Å². The first kappa shape index (κ1) is 14.3. The van der Waals surface area contributed by atoms with Crippen LogP contribution in [0.2, 0.25) is 0 Å². The molecule has 0 spiro atoms. The predicted molar refractivity (Wildman–Crippen MR) is 86.1 cm³/mol. The summed E-state index contributed by atoms with van der Waals surface area (Å²) in [6.07, 6.45) is 0.598. The molecule has 2 aromatic carbocycles. The molecule has 21 heavy (non-hydrogen) atoms. The zero-order valence-corrected chi connectivity index (χ0v) is 12.9. The van der Waals surface area contributed by atoms with Crippen molar-refractivity contribution in [2.75, 3.05) is 27.2 Å². The van der Waals surface area contributed by atoms with Crippen LogP contribution in [0.25, 0.3) is 0 Å². The highest BCUT2D eigenvalue weighted by molar-refractivity contribution is 5.41. The lowest BCUT2D eigenvalue weighted by atomic mass is 9.66. The Labute approximate surface area is 127 Å². The topological polar surface area (TPSA) is 20.2 Å². The first-order valence-electron chi connectivity index (χ1n) is 7.66. The van der Waals surface area contributed by atoms with Crippen molar-refractivity contribution in [2.24, 2.45) is 0 Å². The molecule has 2 nitrogen and oxygen atoms in total. The number of nitrogens with zero attached hydrogens (tertiary/aromatic N) is 1. The van der Waals surface area contributed by atoms with Gasteiger partial charge in [-0.05, 0) is 11.1 Å². The predicted octanol–water partition coefficient (Wildman–Crippen LogP) is 2.81. The lowest BCUT2D eigenvalue weighted by molar-refractivity contribution is -0.900. The molecule has 0 bridgehead atoms. The molecule has 110 valence electrons. The Morgan fingerprint density at radius 2 is 1.38 bits per heavy atom. The van der Waals surface area contributed by atoms with Crippen LogP contribution in [0, 0.1) is 0 Å². The minimum Gasteiger partial charge on any atom is -0.386 e. The molecule has 0 radical (unpaired) electrons. The van der Waals surface area contributed by atoms with Gasteiger partial charge in [0, 0.05) is 6.42 Å². The molecule has 0 aromatic heterocycles. The summed E-state index contributed by atoms with van der Waals surface area (Å²) < 4.78 is 0.878. The zero-order chi connectivity index (χ0) is 14.9. The van der Waals surface area contributed by atoms with Gasteiger partial charge < -0.3 is 9.59 Å². The fraction of sp³-hybridized carbons (Fsp3) is 0.368. The molecule has 1 heterocycles. The summed E-state index contributed by atoms with van der Waals surface area (Å²) in [5, 5.41) is 11.0. The van der Waals surface area contributed by atoms with Crippen molar-refractivity contribution in [2.45, 2.75) is 17.9 Å². The van der Waals surface area contributed by atoms with Crippen LogP contribution < -0.4 is 0 Å². The van der Waals surface area contributed by atoms with Crippen LogP contribution in [0.3, 0.4) is 0 Å². The summed E-state index contributed by atoms with van der Waals surface area (Å²) in [4.78, 5) is 0. The molecular weight excluding hydrogens is 258 g/mol. The Bertz CT molecular complexity index is 552. The molecule has 3 rings (SSSR count). The maximum Gasteiger partial charge on any atom is 0.117 e. The van der Waals surface area contributed by atoms with Gasteiger partial charge in [-0.2, -0.15) is 0 Å². The molecule has 0 unspecified atom stereocenters. The second-order valence-corrected chi connectivity index (χ2v) is 6.81. The number of aliphatic hydroxyl groups excluding tert-OH is 1. The molecule has 0 amide bonds. The van der Waals surface area contributed by atoms with Gasteiger partial charge in [-0.3, -0.25) is 0 Å². The van der Waals surface area contributed by atoms with E-state index in [2.05, 4.69) is 62.6 Å². The molecule has 1 aliphatic rings. The van der Waals surface area contributed by atoms with Gasteiger partial charge in [0.1, 0.15) is 12.6 Å². The van der Waals surface area contributed by atoms with Crippen LogP contribution in [0.4, 0.5) is 0 Å². The third kappa shape index (κ3) is 2.50. The maximum atomic E-state index is 11.0. The third-order valence-corrected chi connectivity index (χ3v) is 4.93.